The molecule has 1 N–H and O–H groups in total. The summed E-state index contributed by atoms with van der Waals surface area (Å²) in [6, 6.07) is 0.0281. The molecule has 1 fully saturated rings. The molecule has 1 saturated heterocycles. The summed E-state index contributed by atoms with van der Waals surface area (Å²) in [5.41, 5.74) is -0.787. The topological polar surface area (TPSA) is 49.4 Å². The minimum atomic E-state index is -0.787. The van der Waals surface area contributed by atoms with Crippen molar-refractivity contribution >= 4 is 11.8 Å². The van der Waals surface area contributed by atoms with Crippen molar-refractivity contribution < 1.29 is 9.59 Å². The number of hydrogen-bond donors (Lipinski definition) is 1. The Morgan fingerprint density at radius 3 is 2.73 bits per heavy atom. The standard InChI is InChI=1S/C11H18N2O2/c1-5-6-8(2)13-7-9(14)12-11(3,4)10(13)15/h5,8H,1,6-7H2,2-4H3,(H,12,14). The molecular formula is C11H18N2O2. The molecule has 0 saturated carbocycles. The summed E-state index contributed by atoms with van der Waals surface area (Å²) >= 11 is 0. The van der Waals surface area contributed by atoms with Crippen molar-refractivity contribution in [2.24, 2.45) is 0 Å². The Morgan fingerprint density at radius 1 is 1.60 bits per heavy atom. The van der Waals surface area contributed by atoms with Gasteiger partial charge in [0, 0.05) is 6.04 Å². The maximum atomic E-state index is 12.0. The molecule has 1 atom stereocenters. The van der Waals surface area contributed by atoms with Crippen LogP contribution in [0.1, 0.15) is 27.2 Å². The Labute approximate surface area is 90.3 Å². The van der Waals surface area contributed by atoms with Crippen LogP contribution in [-0.2, 0) is 9.59 Å². The lowest BCUT2D eigenvalue weighted by Crippen LogP contribution is -2.65. The van der Waals surface area contributed by atoms with Gasteiger partial charge in [-0.3, -0.25) is 9.59 Å². The molecule has 1 rings (SSSR count). The van der Waals surface area contributed by atoms with Gasteiger partial charge in [-0.05, 0) is 27.2 Å². The zero-order valence-corrected chi connectivity index (χ0v) is 9.54. The first-order valence-corrected chi connectivity index (χ1v) is 5.11. The molecule has 1 aliphatic heterocycles. The first-order chi connectivity index (χ1) is 6.88. The van der Waals surface area contributed by atoms with E-state index in [0.717, 1.165) is 0 Å². The summed E-state index contributed by atoms with van der Waals surface area (Å²) in [5.74, 6) is -0.132. The fraction of sp³-hybridized carbons (Fsp3) is 0.636. The second-order valence-corrected chi connectivity index (χ2v) is 4.48. The fourth-order valence-corrected chi connectivity index (χ4v) is 1.75. The zero-order valence-electron chi connectivity index (χ0n) is 9.54. The lowest BCUT2D eigenvalue weighted by Gasteiger charge is -2.40. The maximum absolute atomic E-state index is 12.0. The average molecular weight is 210 g/mol. The lowest BCUT2D eigenvalue weighted by molar-refractivity contribution is -0.150. The number of amides is 2. The van der Waals surface area contributed by atoms with Gasteiger partial charge in [0.05, 0.1) is 6.54 Å². The van der Waals surface area contributed by atoms with Gasteiger partial charge in [-0.1, -0.05) is 6.08 Å². The maximum Gasteiger partial charge on any atom is 0.248 e. The van der Waals surface area contributed by atoms with E-state index in [-0.39, 0.29) is 24.4 Å². The normalized spacial score (nSPS) is 22.2. The molecule has 0 aromatic heterocycles. The van der Waals surface area contributed by atoms with Gasteiger partial charge in [0.1, 0.15) is 5.54 Å². The third-order valence-corrected chi connectivity index (χ3v) is 2.60. The molecule has 0 bridgehead atoms. The van der Waals surface area contributed by atoms with Crippen LogP contribution in [0.5, 0.6) is 0 Å². The third kappa shape index (κ3) is 2.37. The van der Waals surface area contributed by atoms with Crippen molar-refractivity contribution in [3.63, 3.8) is 0 Å². The van der Waals surface area contributed by atoms with Crippen LogP contribution in [-0.4, -0.2) is 34.8 Å². The Bertz CT molecular complexity index is 297. The van der Waals surface area contributed by atoms with E-state index in [1.807, 2.05) is 6.92 Å². The van der Waals surface area contributed by atoms with Crippen molar-refractivity contribution in [1.29, 1.82) is 0 Å². The van der Waals surface area contributed by atoms with Crippen molar-refractivity contribution in [3.05, 3.63) is 12.7 Å². The van der Waals surface area contributed by atoms with Crippen molar-refractivity contribution in [2.45, 2.75) is 38.8 Å². The molecule has 0 spiro atoms. The van der Waals surface area contributed by atoms with E-state index in [9.17, 15) is 9.59 Å². The van der Waals surface area contributed by atoms with E-state index >= 15 is 0 Å². The minimum absolute atomic E-state index is 0.0281. The minimum Gasteiger partial charge on any atom is -0.341 e. The van der Waals surface area contributed by atoms with E-state index in [2.05, 4.69) is 11.9 Å². The molecular weight excluding hydrogens is 192 g/mol. The first kappa shape index (κ1) is 11.8. The monoisotopic (exact) mass is 210 g/mol. The van der Waals surface area contributed by atoms with Crippen LogP contribution in [0.3, 0.4) is 0 Å². The van der Waals surface area contributed by atoms with Crippen LogP contribution in [0, 0.1) is 0 Å². The van der Waals surface area contributed by atoms with Gasteiger partial charge in [0.2, 0.25) is 11.8 Å². The van der Waals surface area contributed by atoms with E-state index in [1.54, 1.807) is 24.8 Å². The molecule has 84 valence electrons. The average Bonchev–Trinajstić information content (AvgIpc) is 2.10. The number of hydrogen-bond acceptors (Lipinski definition) is 2. The summed E-state index contributed by atoms with van der Waals surface area (Å²) in [5, 5.41) is 2.68. The number of carbonyl (C=O) groups excluding carboxylic acids is 2. The van der Waals surface area contributed by atoms with E-state index in [0.29, 0.717) is 6.42 Å². The van der Waals surface area contributed by atoms with Gasteiger partial charge >= 0.3 is 0 Å². The van der Waals surface area contributed by atoms with Crippen molar-refractivity contribution in [2.75, 3.05) is 6.54 Å². The number of piperazine rings is 1. The third-order valence-electron chi connectivity index (χ3n) is 2.60. The fourth-order valence-electron chi connectivity index (χ4n) is 1.75. The summed E-state index contributed by atoms with van der Waals surface area (Å²) in [6.07, 6.45) is 2.46. The first-order valence-electron chi connectivity index (χ1n) is 5.11. The predicted octanol–water partition coefficient (Wildman–Crippen LogP) is 0.688. The number of nitrogens with one attached hydrogen (secondary N) is 1. The number of nitrogens with zero attached hydrogens (tertiary/aromatic N) is 1. The highest BCUT2D eigenvalue weighted by molar-refractivity contribution is 5.97. The van der Waals surface area contributed by atoms with E-state index in [4.69, 9.17) is 0 Å². The smallest absolute Gasteiger partial charge is 0.248 e. The van der Waals surface area contributed by atoms with E-state index < -0.39 is 5.54 Å². The molecule has 1 aliphatic rings. The van der Waals surface area contributed by atoms with Crippen LogP contribution < -0.4 is 5.32 Å². The molecule has 0 aliphatic carbocycles. The summed E-state index contributed by atoms with van der Waals surface area (Å²) < 4.78 is 0. The Kier molecular flexibility index (Phi) is 3.17. The zero-order chi connectivity index (χ0) is 11.6. The molecule has 2 amide bonds. The van der Waals surface area contributed by atoms with Crippen LogP contribution in [0.4, 0.5) is 0 Å². The molecule has 0 radical (unpaired) electrons. The number of carbonyl (C=O) groups is 2. The van der Waals surface area contributed by atoms with Gasteiger partial charge in [0.15, 0.2) is 0 Å². The highest BCUT2D eigenvalue weighted by Gasteiger charge is 2.40. The summed E-state index contributed by atoms with van der Waals surface area (Å²) in [4.78, 5) is 25.0. The Hall–Kier alpha value is -1.32. The van der Waals surface area contributed by atoms with Gasteiger partial charge in [-0.15, -0.1) is 6.58 Å². The molecule has 1 heterocycles. The predicted molar refractivity (Wildman–Crippen MR) is 58.2 cm³/mol. The van der Waals surface area contributed by atoms with Crippen molar-refractivity contribution in [3.8, 4) is 0 Å². The Balaban J connectivity index is 2.84. The SMILES string of the molecule is C=CCC(C)N1CC(=O)NC(C)(C)C1=O. The molecule has 4 heteroatoms. The molecule has 0 aromatic carbocycles. The highest BCUT2D eigenvalue weighted by Crippen LogP contribution is 2.17. The van der Waals surface area contributed by atoms with Crippen molar-refractivity contribution in [1.82, 2.24) is 10.2 Å². The molecule has 1 unspecified atom stereocenters. The van der Waals surface area contributed by atoms with Gasteiger partial charge in [0.25, 0.3) is 0 Å². The molecule has 0 aromatic rings. The highest BCUT2D eigenvalue weighted by atomic mass is 16.2. The number of rotatable bonds is 3. The largest absolute Gasteiger partial charge is 0.341 e. The van der Waals surface area contributed by atoms with Gasteiger partial charge < -0.3 is 10.2 Å². The second-order valence-electron chi connectivity index (χ2n) is 4.48. The Morgan fingerprint density at radius 2 is 2.20 bits per heavy atom. The quantitative estimate of drug-likeness (QED) is 0.697. The van der Waals surface area contributed by atoms with Gasteiger partial charge in [-0.25, -0.2) is 0 Å². The second kappa shape index (κ2) is 4.04. The van der Waals surface area contributed by atoms with E-state index in [1.165, 1.54) is 0 Å². The van der Waals surface area contributed by atoms with Crippen LogP contribution >= 0.6 is 0 Å². The van der Waals surface area contributed by atoms with Crippen LogP contribution in [0.2, 0.25) is 0 Å². The van der Waals surface area contributed by atoms with Crippen LogP contribution in [0.25, 0.3) is 0 Å². The summed E-state index contributed by atoms with van der Waals surface area (Å²) in [7, 11) is 0. The van der Waals surface area contributed by atoms with Crippen LogP contribution in [0.15, 0.2) is 12.7 Å². The summed E-state index contributed by atoms with van der Waals surface area (Å²) in [6.45, 7) is 9.16. The molecule has 4 nitrogen and oxygen atoms in total. The molecule has 15 heavy (non-hydrogen) atoms. The lowest BCUT2D eigenvalue weighted by atomic mass is 9.98. The van der Waals surface area contributed by atoms with Gasteiger partial charge in [-0.2, -0.15) is 0 Å².